The maximum atomic E-state index is 2.42. The third-order valence-electron chi connectivity index (χ3n) is 2.53. The van der Waals surface area contributed by atoms with Gasteiger partial charge in [-0.1, -0.05) is 0 Å². The fourth-order valence-electron chi connectivity index (χ4n) is 1.69. The van der Waals surface area contributed by atoms with Crippen LogP contribution in [-0.4, -0.2) is 49.1 Å². The molecule has 2 heteroatoms. The number of piperazine rings is 1. The standard InChI is InChI=1S/C6H12N2/c1-7-3-6-5(7)4-8(6)2/h5-6H,3-4H2,1-2H3. The molecule has 2 saturated heterocycles. The van der Waals surface area contributed by atoms with Crippen LogP contribution in [0.25, 0.3) is 0 Å². The summed E-state index contributed by atoms with van der Waals surface area (Å²) in [5, 5.41) is 0. The molecule has 8 heavy (non-hydrogen) atoms. The average molecular weight is 112 g/mol. The van der Waals surface area contributed by atoms with Crippen molar-refractivity contribution in [3.8, 4) is 0 Å². The van der Waals surface area contributed by atoms with Crippen molar-refractivity contribution in [3.05, 3.63) is 0 Å². The highest BCUT2D eigenvalue weighted by atomic mass is 15.4. The molecule has 2 fully saturated rings. The zero-order valence-electron chi connectivity index (χ0n) is 5.46. The number of hydrogen-bond acceptors (Lipinski definition) is 2. The highest BCUT2D eigenvalue weighted by Crippen LogP contribution is 2.29. The van der Waals surface area contributed by atoms with E-state index in [0.29, 0.717) is 0 Å². The Hall–Kier alpha value is -0.0800. The second kappa shape index (κ2) is 1.25. The Morgan fingerprint density at radius 1 is 1.00 bits per heavy atom. The lowest BCUT2D eigenvalue weighted by atomic mass is 9.87. The summed E-state index contributed by atoms with van der Waals surface area (Å²) in [5.74, 6) is 0. The summed E-state index contributed by atoms with van der Waals surface area (Å²) < 4.78 is 0. The molecule has 0 aliphatic carbocycles. The zero-order valence-corrected chi connectivity index (χ0v) is 5.46. The fourth-order valence-corrected chi connectivity index (χ4v) is 1.69. The van der Waals surface area contributed by atoms with Gasteiger partial charge in [0.25, 0.3) is 0 Å². The van der Waals surface area contributed by atoms with Crippen LogP contribution in [0.15, 0.2) is 0 Å². The fraction of sp³-hybridized carbons (Fsp3) is 1.00. The van der Waals surface area contributed by atoms with Crippen molar-refractivity contribution < 1.29 is 0 Å². The number of likely N-dealkylation sites (N-methyl/N-ethyl adjacent to an activating group) is 2. The number of hydrogen-bond donors (Lipinski definition) is 0. The first kappa shape index (κ1) is 4.77. The molecule has 2 nitrogen and oxygen atoms in total. The molecule has 2 aliphatic heterocycles. The number of likely N-dealkylation sites (tertiary alicyclic amines) is 2. The van der Waals surface area contributed by atoms with Gasteiger partial charge in [0.15, 0.2) is 0 Å². The molecular formula is C6H12N2. The second-order valence-corrected chi connectivity index (χ2v) is 3.01. The molecular weight excluding hydrogens is 100 g/mol. The van der Waals surface area contributed by atoms with Gasteiger partial charge in [0.05, 0.1) is 0 Å². The van der Waals surface area contributed by atoms with E-state index in [0.717, 1.165) is 12.1 Å². The Morgan fingerprint density at radius 2 is 1.38 bits per heavy atom. The molecule has 0 radical (unpaired) electrons. The molecule has 2 aliphatic rings. The van der Waals surface area contributed by atoms with Crippen LogP contribution >= 0.6 is 0 Å². The van der Waals surface area contributed by atoms with E-state index in [-0.39, 0.29) is 0 Å². The van der Waals surface area contributed by atoms with E-state index in [9.17, 15) is 0 Å². The predicted octanol–water partition coefficient (Wildman–Crippen LogP) is -0.386. The summed E-state index contributed by atoms with van der Waals surface area (Å²) in [6, 6.07) is 1.83. The van der Waals surface area contributed by atoms with Crippen molar-refractivity contribution in [1.29, 1.82) is 0 Å². The molecule has 0 bridgehead atoms. The smallest absolute Gasteiger partial charge is 0.0388 e. The van der Waals surface area contributed by atoms with Gasteiger partial charge in [-0.15, -0.1) is 0 Å². The first-order chi connectivity index (χ1) is 3.79. The van der Waals surface area contributed by atoms with Gasteiger partial charge < -0.3 is 0 Å². The Morgan fingerprint density at radius 3 is 1.50 bits per heavy atom. The molecule has 0 amide bonds. The van der Waals surface area contributed by atoms with E-state index in [2.05, 4.69) is 23.9 Å². The van der Waals surface area contributed by atoms with Crippen LogP contribution in [0.4, 0.5) is 0 Å². The molecule has 2 rings (SSSR count). The molecule has 2 heterocycles. The summed E-state index contributed by atoms with van der Waals surface area (Å²) >= 11 is 0. The van der Waals surface area contributed by atoms with Gasteiger partial charge >= 0.3 is 0 Å². The van der Waals surface area contributed by atoms with Gasteiger partial charge in [-0.25, -0.2) is 0 Å². The minimum absolute atomic E-state index is 0.917. The predicted molar refractivity (Wildman–Crippen MR) is 32.8 cm³/mol. The molecule has 2 atom stereocenters. The summed E-state index contributed by atoms with van der Waals surface area (Å²) in [6.07, 6.45) is 0. The first-order valence-electron chi connectivity index (χ1n) is 3.19. The third kappa shape index (κ3) is 0.361. The SMILES string of the molecule is CN1CC2C1CN2C. The largest absolute Gasteiger partial charge is 0.299 e. The molecule has 2 unspecified atom stereocenters. The molecule has 0 N–H and O–H groups in total. The summed E-state index contributed by atoms with van der Waals surface area (Å²) in [6.45, 7) is 2.59. The number of rotatable bonds is 0. The van der Waals surface area contributed by atoms with Crippen molar-refractivity contribution in [2.24, 2.45) is 0 Å². The first-order valence-corrected chi connectivity index (χ1v) is 3.19. The summed E-state index contributed by atoms with van der Waals surface area (Å²) in [7, 11) is 4.41. The zero-order chi connectivity index (χ0) is 5.72. The van der Waals surface area contributed by atoms with Crippen LogP contribution in [0.3, 0.4) is 0 Å². The molecule has 0 aromatic heterocycles. The Kier molecular flexibility index (Phi) is 0.746. The highest BCUT2D eigenvalue weighted by molar-refractivity contribution is 5.05. The van der Waals surface area contributed by atoms with Gasteiger partial charge in [0.1, 0.15) is 0 Å². The van der Waals surface area contributed by atoms with Gasteiger partial charge in [-0.05, 0) is 14.1 Å². The van der Waals surface area contributed by atoms with E-state index < -0.39 is 0 Å². The van der Waals surface area contributed by atoms with Gasteiger partial charge in [-0.2, -0.15) is 0 Å². The van der Waals surface area contributed by atoms with Crippen LogP contribution < -0.4 is 0 Å². The minimum Gasteiger partial charge on any atom is -0.299 e. The maximum absolute atomic E-state index is 2.42. The van der Waals surface area contributed by atoms with Crippen LogP contribution in [0.1, 0.15) is 0 Å². The third-order valence-corrected chi connectivity index (χ3v) is 2.53. The molecule has 0 spiro atoms. The van der Waals surface area contributed by atoms with Crippen LogP contribution in [0.2, 0.25) is 0 Å². The van der Waals surface area contributed by atoms with E-state index in [4.69, 9.17) is 0 Å². The van der Waals surface area contributed by atoms with Gasteiger partial charge in [0, 0.05) is 25.2 Å². The summed E-state index contributed by atoms with van der Waals surface area (Å²) in [4.78, 5) is 4.84. The lowest BCUT2D eigenvalue weighted by Gasteiger charge is -2.59. The number of nitrogens with zero attached hydrogens (tertiary/aromatic N) is 2. The normalized spacial score (nSPS) is 47.2. The van der Waals surface area contributed by atoms with Crippen molar-refractivity contribution in [2.75, 3.05) is 27.2 Å². The van der Waals surface area contributed by atoms with Crippen molar-refractivity contribution in [2.45, 2.75) is 12.1 Å². The summed E-state index contributed by atoms with van der Waals surface area (Å²) in [5.41, 5.74) is 0. The van der Waals surface area contributed by atoms with Crippen LogP contribution in [-0.2, 0) is 0 Å². The lowest BCUT2D eigenvalue weighted by molar-refractivity contribution is -0.0960. The van der Waals surface area contributed by atoms with Crippen molar-refractivity contribution in [1.82, 2.24) is 9.80 Å². The van der Waals surface area contributed by atoms with Crippen LogP contribution in [0.5, 0.6) is 0 Å². The number of fused-ring (bicyclic) bond motifs is 1. The highest BCUT2D eigenvalue weighted by Gasteiger charge is 2.47. The lowest BCUT2D eigenvalue weighted by Crippen LogP contribution is -2.76. The Bertz CT molecular complexity index is 99.1. The molecule has 0 saturated carbocycles. The second-order valence-electron chi connectivity index (χ2n) is 3.01. The Labute approximate surface area is 50.1 Å². The van der Waals surface area contributed by atoms with Crippen molar-refractivity contribution >= 4 is 0 Å². The van der Waals surface area contributed by atoms with E-state index >= 15 is 0 Å². The van der Waals surface area contributed by atoms with Crippen molar-refractivity contribution in [3.63, 3.8) is 0 Å². The van der Waals surface area contributed by atoms with E-state index in [1.807, 2.05) is 0 Å². The monoisotopic (exact) mass is 112 g/mol. The minimum atomic E-state index is 0.917. The van der Waals surface area contributed by atoms with Crippen LogP contribution in [0, 0.1) is 0 Å². The molecule has 0 aromatic carbocycles. The van der Waals surface area contributed by atoms with Gasteiger partial charge in [0.2, 0.25) is 0 Å². The topological polar surface area (TPSA) is 6.48 Å². The van der Waals surface area contributed by atoms with Gasteiger partial charge in [-0.3, -0.25) is 9.80 Å². The molecule has 46 valence electrons. The van der Waals surface area contributed by atoms with E-state index in [1.54, 1.807) is 0 Å². The molecule has 0 aromatic rings. The quantitative estimate of drug-likeness (QED) is 0.421. The average Bonchev–Trinajstić information content (AvgIpc) is 1.76. The Balaban J connectivity index is 1.96. The van der Waals surface area contributed by atoms with E-state index in [1.165, 1.54) is 13.1 Å². The maximum Gasteiger partial charge on any atom is 0.0388 e.